The van der Waals surface area contributed by atoms with Gasteiger partial charge in [-0.15, -0.1) is 11.3 Å². The van der Waals surface area contributed by atoms with Gasteiger partial charge >= 0.3 is 0 Å². The Hall–Kier alpha value is -2.64. The summed E-state index contributed by atoms with van der Waals surface area (Å²) in [5, 5.41) is 5.51. The molecular formula is C25H29N5OS. The monoisotopic (exact) mass is 447 g/mol. The summed E-state index contributed by atoms with van der Waals surface area (Å²) in [6.07, 6.45) is 10.3. The zero-order valence-electron chi connectivity index (χ0n) is 18.8. The third-order valence-electron chi connectivity index (χ3n) is 6.44. The number of thiazole rings is 1. The molecule has 5 rings (SSSR count). The molecule has 3 aromatic heterocycles. The Morgan fingerprint density at radius 3 is 2.94 bits per heavy atom. The van der Waals surface area contributed by atoms with Crippen LogP contribution < -0.4 is 0 Å². The summed E-state index contributed by atoms with van der Waals surface area (Å²) in [6.45, 7) is 3.90. The van der Waals surface area contributed by atoms with Crippen molar-refractivity contribution in [1.82, 2.24) is 19.9 Å². The van der Waals surface area contributed by atoms with Crippen LogP contribution in [0.5, 0.6) is 0 Å². The Bertz CT molecular complexity index is 1110. The van der Waals surface area contributed by atoms with Crippen LogP contribution in [-0.4, -0.2) is 51.8 Å². The second kappa shape index (κ2) is 9.46. The highest BCUT2D eigenvalue weighted by molar-refractivity contribution is 7.18. The summed E-state index contributed by atoms with van der Waals surface area (Å²) in [5.74, 6) is 0. The molecule has 0 amide bonds. The van der Waals surface area contributed by atoms with Crippen molar-refractivity contribution in [1.29, 1.82) is 0 Å². The van der Waals surface area contributed by atoms with Gasteiger partial charge in [-0.25, -0.2) is 9.97 Å². The van der Waals surface area contributed by atoms with Crippen molar-refractivity contribution in [3.05, 3.63) is 53.6 Å². The Morgan fingerprint density at radius 1 is 1.19 bits per heavy atom. The third-order valence-corrected chi connectivity index (χ3v) is 7.67. The molecule has 4 heterocycles. The smallest absolute Gasteiger partial charge is 0.125 e. The number of aromatic nitrogens is 3. The maximum Gasteiger partial charge on any atom is 0.125 e. The van der Waals surface area contributed by atoms with E-state index in [1.165, 1.54) is 24.9 Å². The van der Waals surface area contributed by atoms with E-state index >= 15 is 0 Å². The van der Waals surface area contributed by atoms with Crippen molar-refractivity contribution in [2.75, 3.05) is 20.2 Å². The van der Waals surface area contributed by atoms with E-state index in [1.807, 2.05) is 25.3 Å². The molecule has 1 aliphatic heterocycles. The van der Waals surface area contributed by atoms with E-state index in [1.54, 1.807) is 17.5 Å². The van der Waals surface area contributed by atoms with Gasteiger partial charge in [0.05, 0.1) is 22.0 Å². The molecule has 2 aliphatic rings. The van der Waals surface area contributed by atoms with Crippen molar-refractivity contribution in [2.24, 2.45) is 5.16 Å². The van der Waals surface area contributed by atoms with Gasteiger partial charge in [0.1, 0.15) is 17.3 Å². The van der Waals surface area contributed by atoms with Crippen LogP contribution in [0.2, 0.25) is 0 Å². The van der Waals surface area contributed by atoms with Crippen molar-refractivity contribution in [3.63, 3.8) is 0 Å². The summed E-state index contributed by atoms with van der Waals surface area (Å²) in [5.41, 5.74) is 6.20. The predicted octanol–water partition coefficient (Wildman–Crippen LogP) is 5.12. The first-order valence-corrected chi connectivity index (χ1v) is 12.3. The first kappa shape index (κ1) is 21.2. The van der Waals surface area contributed by atoms with Crippen molar-refractivity contribution in [3.8, 4) is 21.1 Å². The number of pyridine rings is 2. The molecule has 0 spiro atoms. The fourth-order valence-electron chi connectivity index (χ4n) is 4.62. The zero-order chi connectivity index (χ0) is 21.9. The third kappa shape index (κ3) is 4.45. The minimum atomic E-state index is 0.627. The molecule has 6 nitrogen and oxygen atoms in total. The van der Waals surface area contributed by atoms with E-state index in [0.717, 1.165) is 63.9 Å². The van der Waals surface area contributed by atoms with Gasteiger partial charge in [-0.3, -0.25) is 4.98 Å². The predicted molar refractivity (Wildman–Crippen MR) is 129 cm³/mol. The Balaban J connectivity index is 1.35. The van der Waals surface area contributed by atoms with E-state index in [9.17, 15) is 0 Å². The number of fused-ring (bicyclic) bond motifs is 1. The number of oxime groups is 1. The normalized spacial score (nSPS) is 19.9. The largest absolute Gasteiger partial charge is 0.395 e. The second-order valence-electron chi connectivity index (χ2n) is 8.67. The van der Waals surface area contributed by atoms with Crippen molar-refractivity contribution >= 4 is 17.0 Å². The van der Waals surface area contributed by atoms with Gasteiger partial charge in [0.25, 0.3) is 0 Å². The van der Waals surface area contributed by atoms with Gasteiger partial charge < -0.3 is 9.74 Å². The fraction of sp³-hybridized carbons (Fsp3) is 0.440. The SMILES string of the molecule is Cc1nc(-c2cccnc2)sc1-c1ccc2c(n1)/C(=N/OCCC1CCCN1C)CCC2. The molecule has 3 aromatic rings. The summed E-state index contributed by atoms with van der Waals surface area (Å²) in [7, 11) is 2.20. The minimum absolute atomic E-state index is 0.627. The minimum Gasteiger partial charge on any atom is -0.395 e. The molecular weight excluding hydrogens is 418 g/mol. The zero-order valence-corrected chi connectivity index (χ0v) is 19.6. The molecule has 1 saturated heterocycles. The first-order valence-electron chi connectivity index (χ1n) is 11.5. The van der Waals surface area contributed by atoms with Crippen LogP contribution in [-0.2, 0) is 11.3 Å². The molecule has 0 saturated carbocycles. The van der Waals surface area contributed by atoms with E-state index < -0.39 is 0 Å². The van der Waals surface area contributed by atoms with Crippen LogP contribution >= 0.6 is 11.3 Å². The highest BCUT2D eigenvalue weighted by atomic mass is 32.1. The molecule has 0 radical (unpaired) electrons. The number of hydrogen-bond acceptors (Lipinski definition) is 7. The molecule has 0 bridgehead atoms. The summed E-state index contributed by atoms with van der Waals surface area (Å²) >= 11 is 1.66. The van der Waals surface area contributed by atoms with Gasteiger partial charge in [0.2, 0.25) is 0 Å². The molecule has 1 unspecified atom stereocenters. The molecule has 0 aromatic carbocycles. The van der Waals surface area contributed by atoms with Crippen LogP contribution in [0.25, 0.3) is 21.1 Å². The van der Waals surface area contributed by atoms with Crippen LogP contribution in [0, 0.1) is 6.92 Å². The quantitative estimate of drug-likeness (QED) is 0.388. The van der Waals surface area contributed by atoms with Gasteiger partial charge in [-0.1, -0.05) is 11.2 Å². The van der Waals surface area contributed by atoms with E-state index in [0.29, 0.717) is 12.6 Å². The molecule has 0 N–H and O–H groups in total. The lowest BCUT2D eigenvalue weighted by Crippen LogP contribution is -2.25. The van der Waals surface area contributed by atoms with E-state index in [-0.39, 0.29) is 0 Å². The van der Waals surface area contributed by atoms with Gasteiger partial charge in [0.15, 0.2) is 0 Å². The highest BCUT2D eigenvalue weighted by Crippen LogP contribution is 2.35. The number of nitrogens with zero attached hydrogens (tertiary/aromatic N) is 5. The Morgan fingerprint density at radius 2 is 2.12 bits per heavy atom. The van der Waals surface area contributed by atoms with Crippen molar-refractivity contribution in [2.45, 2.75) is 51.5 Å². The fourth-order valence-corrected chi connectivity index (χ4v) is 5.65. The topological polar surface area (TPSA) is 63.5 Å². The Kier molecular flexibility index (Phi) is 6.28. The molecule has 1 fully saturated rings. The summed E-state index contributed by atoms with van der Waals surface area (Å²) < 4.78 is 0. The average molecular weight is 448 g/mol. The van der Waals surface area contributed by atoms with Gasteiger partial charge in [-0.2, -0.15) is 0 Å². The maximum absolute atomic E-state index is 5.78. The average Bonchev–Trinajstić information content (AvgIpc) is 3.42. The molecule has 166 valence electrons. The number of rotatable bonds is 6. The van der Waals surface area contributed by atoms with Crippen LogP contribution in [0.1, 0.15) is 49.1 Å². The summed E-state index contributed by atoms with van der Waals surface area (Å²) in [6, 6.07) is 8.92. The van der Waals surface area contributed by atoms with Gasteiger partial charge in [-0.05, 0) is 82.8 Å². The van der Waals surface area contributed by atoms with Crippen LogP contribution in [0.15, 0.2) is 41.8 Å². The second-order valence-corrected chi connectivity index (χ2v) is 9.67. The number of aryl methyl sites for hydroxylation is 2. The maximum atomic E-state index is 5.78. The Labute approximate surface area is 193 Å². The van der Waals surface area contributed by atoms with Crippen LogP contribution in [0.4, 0.5) is 0 Å². The number of hydrogen-bond donors (Lipinski definition) is 0. The molecule has 1 aliphatic carbocycles. The molecule has 7 heteroatoms. The lowest BCUT2D eigenvalue weighted by molar-refractivity contribution is 0.120. The summed E-state index contributed by atoms with van der Waals surface area (Å²) in [4.78, 5) is 23.3. The van der Waals surface area contributed by atoms with Crippen LogP contribution in [0.3, 0.4) is 0 Å². The lowest BCUT2D eigenvalue weighted by atomic mass is 9.94. The molecule has 32 heavy (non-hydrogen) atoms. The number of likely N-dealkylation sites (tertiary alicyclic amines) is 1. The first-order chi connectivity index (χ1) is 15.7. The van der Waals surface area contributed by atoms with Crippen molar-refractivity contribution < 1.29 is 4.84 Å². The standard InChI is InChI=1S/C25H29N5OS/c1-17-24(32-25(27-17)19-7-4-13-26-16-19)22-11-10-18-6-3-9-21(23(18)28-22)29-31-15-12-20-8-5-14-30(20)2/h4,7,10-11,13,16,20H,3,5-6,8-9,12,14-15H2,1-2H3/b29-21+. The molecule has 1 atom stereocenters. The van der Waals surface area contributed by atoms with E-state index in [2.05, 4.69) is 34.2 Å². The highest BCUT2D eigenvalue weighted by Gasteiger charge is 2.22. The lowest BCUT2D eigenvalue weighted by Gasteiger charge is -2.19. The van der Waals surface area contributed by atoms with Gasteiger partial charge in [0, 0.05) is 24.0 Å². The van der Waals surface area contributed by atoms with E-state index in [4.69, 9.17) is 14.8 Å².